The molecule has 0 aromatic carbocycles. The van der Waals surface area contributed by atoms with Crippen molar-refractivity contribution >= 4 is 0 Å². The van der Waals surface area contributed by atoms with E-state index in [1.54, 1.807) is 4.68 Å². The van der Waals surface area contributed by atoms with Crippen molar-refractivity contribution in [2.45, 2.75) is 32.7 Å². The predicted octanol–water partition coefficient (Wildman–Crippen LogP) is 1.80. The van der Waals surface area contributed by atoms with Gasteiger partial charge in [-0.05, 0) is 31.5 Å². The summed E-state index contributed by atoms with van der Waals surface area (Å²) in [5.41, 5.74) is 3.24. The molecule has 102 valence electrons. The average Bonchev–Trinajstić information content (AvgIpc) is 2.81. The Labute approximate surface area is 114 Å². The maximum Gasteiger partial charge on any atom is 0.0845 e. The van der Waals surface area contributed by atoms with Gasteiger partial charge in [0, 0.05) is 37.6 Å². The molecule has 0 aliphatic heterocycles. The van der Waals surface area contributed by atoms with Crippen LogP contribution in [0.15, 0.2) is 24.5 Å². The van der Waals surface area contributed by atoms with Gasteiger partial charge in [0.25, 0.3) is 0 Å². The second-order valence-electron chi connectivity index (χ2n) is 4.83. The average molecular weight is 259 g/mol. The smallest absolute Gasteiger partial charge is 0.0845 e. The quantitative estimate of drug-likeness (QED) is 0.859. The highest BCUT2D eigenvalue weighted by molar-refractivity contribution is 5.19. The molecule has 0 radical (unpaired) electrons. The molecule has 1 unspecified atom stereocenters. The Kier molecular flexibility index (Phi) is 4.63. The van der Waals surface area contributed by atoms with Crippen molar-refractivity contribution in [1.29, 1.82) is 0 Å². The lowest BCUT2D eigenvalue weighted by Crippen LogP contribution is -2.24. The molecule has 0 aliphatic carbocycles. The fourth-order valence-electron chi connectivity index (χ4n) is 2.01. The minimum absolute atomic E-state index is 0.241. The van der Waals surface area contributed by atoms with Crippen LogP contribution in [-0.4, -0.2) is 26.5 Å². The van der Waals surface area contributed by atoms with E-state index in [0.717, 1.165) is 30.8 Å². The van der Waals surface area contributed by atoms with Crippen LogP contribution < -0.4 is 5.32 Å². The van der Waals surface area contributed by atoms with Crippen LogP contribution in [0.5, 0.6) is 0 Å². The second kappa shape index (κ2) is 6.43. The maximum atomic E-state index is 4.37. The molecule has 19 heavy (non-hydrogen) atoms. The first-order valence-electron chi connectivity index (χ1n) is 6.70. The molecule has 0 bridgehead atoms. The maximum absolute atomic E-state index is 4.37. The van der Waals surface area contributed by atoms with E-state index in [2.05, 4.69) is 33.6 Å². The van der Waals surface area contributed by atoms with E-state index in [4.69, 9.17) is 0 Å². The summed E-state index contributed by atoms with van der Waals surface area (Å²) in [5, 5.41) is 11.7. The Balaban J connectivity index is 2.13. The number of nitrogens with zero attached hydrogens (tertiary/aromatic N) is 4. The third-order valence-electron chi connectivity index (χ3n) is 3.04. The highest BCUT2D eigenvalue weighted by Crippen LogP contribution is 2.16. The fourth-order valence-corrected chi connectivity index (χ4v) is 2.01. The zero-order valence-corrected chi connectivity index (χ0v) is 11.8. The summed E-state index contributed by atoms with van der Waals surface area (Å²) >= 11 is 0. The van der Waals surface area contributed by atoms with Crippen LogP contribution in [0.1, 0.15) is 36.3 Å². The Morgan fingerprint density at radius 2 is 2.21 bits per heavy atom. The monoisotopic (exact) mass is 259 g/mol. The normalized spacial score (nSPS) is 12.6. The molecule has 0 amide bonds. The number of aryl methyl sites for hydroxylation is 2. The van der Waals surface area contributed by atoms with Gasteiger partial charge in [0.05, 0.1) is 5.69 Å². The van der Waals surface area contributed by atoms with E-state index in [1.807, 2.05) is 32.4 Å². The molecule has 0 saturated carbocycles. The van der Waals surface area contributed by atoms with Crippen LogP contribution in [0.2, 0.25) is 0 Å². The van der Waals surface area contributed by atoms with Crippen molar-refractivity contribution < 1.29 is 0 Å². The first-order valence-corrected chi connectivity index (χ1v) is 6.70. The van der Waals surface area contributed by atoms with Crippen molar-refractivity contribution in [3.8, 4) is 0 Å². The summed E-state index contributed by atoms with van der Waals surface area (Å²) in [4.78, 5) is 4.37. The SMILES string of the molecule is CCCNC(Cc1cn(C)nn1)c1ccc(C)nc1. The van der Waals surface area contributed by atoms with Gasteiger partial charge in [0.1, 0.15) is 0 Å². The van der Waals surface area contributed by atoms with Crippen molar-refractivity contribution in [3.63, 3.8) is 0 Å². The molecule has 5 heteroatoms. The molecule has 0 spiro atoms. The van der Waals surface area contributed by atoms with Crippen LogP contribution in [0.25, 0.3) is 0 Å². The largest absolute Gasteiger partial charge is 0.310 e. The van der Waals surface area contributed by atoms with E-state index >= 15 is 0 Å². The Morgan fingerprint density at radius 1 is 1.37 bits per heavy atom. The van der Waals surface area contributed by atoms with Crippen LogP contribution in [0.3, 0.4) is 0 Å². The summed E-state index contributed by atoms with van der Waals surface area (Å²) in [6.45, 7) is 5.15. The van der Waals surface area contributed by atoms with Crippen molar-refractivity contribution in [2.24, 2.45) is 7.05 Å². The molecule has 0 fully saturated rings. The van der Waals surface area contributed by atoms with Crippen molar-refractivity contribution in [3.05, 3.63) is 41.5 Å². The van der Waals surface area contributed by atoms with Gasteiger partial charge in [0.15, 0.2) is 0 Å². The van der Waals surface area contributed by atoms with Gasteiger partial charge < -0.3 is 5.32 Å². The fraction of sp³-hybridized carbons (Fsp3) is 0.500. The zero-order chi connectivity index (χ0) is 13.7. The predicted molar refractivity (Wildman–Crippen MR) is 74.7 cm³/mol. The standard InChI is InChI=1S/C14H21N5/c1-4-7-15-14(8-13-10-19(3)18-17-13)12-6-5-11(2)16-9-12/h5-6,9-10,14-15H,4,7-8H2,1-3H3. The molecular weight excluding hydrogens is 238 g/mol. The minimum atomic E-state index is 0.241. The van der Waals surface area contributed by atoms with Gasteiger partial charge in [-0.1, -0.05) is 18.2 Å². The topological polar surface area (TPSA) is 55.6 Å². The van der Waals surface area contributed by atoms with Crippen LogP contribution in [0, 0.1) is 6.92 Å². The van der Waals surface area contributed by atoms with Gasteiger partial charge in [-0.25, -0.2) is 0 Å². The van der Waals surface area contributed by atoms with Gasteiger partial charge in [0.2, 0.25) is 0 Å². The van der Waals surface area contributed by atoms with E-state index in [0.29, 0.717) is 0 Å². The van der Waals surface area contributed by atoms with Gasteiger partial charge in [-0.15, -0.1) is 5.10 Å². The first-order chi connectivity index (χ1) is 9.19. The third kappa shape index (κ3) is 3.86. The lowest BCUT2D eigenvalue weighted by molar-refractivity contribution is 0.522. The summed E-state index contributed by atoms with van der Waals surface area (Å²) in [6, 6.07) is 4.42. The summed E-state index contributed by atoms with van der Waals surface area (Å²) in [6.07, 6.45) is 5.84. The van der Waals surface area contributed by atoms with Crippen LogP contribution >= 0.6 is 0 Å². The molecular formula is C14H21N5. The molecule has 0 aliphatic rings. The lowest BCUT2D eigenvalue weighted by atomic mass is 10.0. The van der Waals surface area contributed by atoms with Crippen LogP contribution in [0.4, 0.5) is 0 Å². The summed E-state index contributed by atoms with van der Waals surface area (Å²) < 4.78 is 1.74. The molecule has 2 heterocycles. The molecule has 1 N–H and O–H groups in total. The van der Waals surface area contributed by atoms with E-state index in [1.165, 1.54) is 5.56 Å². The minimum Gasteiger partial charge on any atom is -0.310 e. The highest BCUT2D eigenvalue weighted by atomic mass is 15.4. The number of rotatable bonds is 6. The molecule has 2 rings (SSSR count). The van der Waals surface area contributed by atoms with Gasteiger partial charge in [-0.2, -0.15) is 0 Å². The zero-order valence-electron chi connectivity index (χ0n) is 11.8. The number of aromatic nitrogens is 4. The molecule has 1 atom stereocenters. The van der Waals surface area contributed by atoms with Crippen molar-refractivity contribution in [2.75, 3.05) is 6.54 Å². The first kappa shape index (κ1) is 13.7. The summed E-state index contributed by atoms with van der Waals surface area (Å²) in [7, 11) is 1.89. The Bertz CT molecular complexity index is 503. The van der Waals surface area contributed by atoms with E-state index in [-0.39, 0.29) is 6.04 Å². The second-order valence-corrected chi connectivity index (χ2v) is 4.83. The van der Waals surface area contributed by atoms with E-state index in [9.17, 15) is 0 Å². The third-order valence-corrected chi connectivity index (χ3v) is 3.04. The number of nitrogens with one attached hydrogen (secondary N) is 1. The molecule has 5 nitrogen and oxygen atoms in total. The molecule has 2 aromatic heterocycles. The number of hydrogen-bond acceptors (Lipinski definition) is 4. The van der Waals surface area contributed by atoms with Crippen molar-refractivity contribution in [1.82, 2.24) is 25.3 Å². The number of hydrogen-bond donors (Lipinski definition) is 1. The van der Waals surface area contributed by atoms with E-state index < -0.39 is 0 Å². The molecule has 2 aromatic rings. The lowest BCUT2D eigenvalue weighted by Gasteiger charge is -2.17. The molecule has 0 saturated heterocycles. The summed E-state index contributed by atoms with van der Waals surface area (Å²) in [5.74, 6) is 0. The van der Waals surface area contributed by atoms with Gasteiger partial charge in [-0.3, -0.25) is 9.67 Å². The highest BCUT2D eigenvalue weighted by Gasteiger charge is 2.13. The Hall–Kier alpha value is -1.75. The van der Waals surface area contributed by atoms with Gasteiger partial charge >= 0.3 is 0 Å². The van der Waals surface area contributed by atoms with Crippen LogP contribution in [-0.2, 0) is 13.5 Å². The Morgan fingerprint density at radius 3 is 2.79 bits per heavy atom. The number of pyridine rings is 1.